The summed E-state index contributed by atoms with van der Waals surface area (Å²) in [5, 5.41) is 5.94. The lowest BCUT2D eigenvalue weighted by molar-refractivity contribution is 0.101. The molecule has 47 heavy (non-hydrogen) atoms. The number of carbonyl (C=O) groups is 1. The second-order valence-electron chi connectivity index (χ2n) is 11.2. The summed E-state index contributed by atoms with van der Waals surface area (Å²) >= 11 is 0. The Labute approximate surface area is 270 Å². The number of imidazole rings is 1. The van der Waals surface area contributed by atoms with Crippen LogP contribution in [0.2, 0.25) is 0 Å². The van der Waals surface area contributed by atoms with Crippen molar-refractivity contribution in [2.24, 2.45) is 0 Å². The van der Waals surface area contributed by atoms with Crippen molar-refractivity contribution >= 4 is 34.6 Å². The topological polar surface area (TPSA) is 90.7 Å². The van der Waals surface area contributed by atoms with Gasteiger partial charge in [0.15, 0.2) is 0 Å². The number of anilines is 4. The van der Waals surface area contributed by atoms with Crippen molar-refractivity contribution < 1.29 is 13.6 Å². The Morgan fingerprint density at radius 2 is 1.60 bits per heavy atom. The van der Waals surface area contributed by atoms with Crippen LogP contribution in [-0.4, -0.2) is 62.9 Å². The first kappa shape index (κ1) is 30.0. The van der Waals surface area contributed by atoms with E-state index in [1.807, 2.05) is 53.1 Å². The molecule has 3 aromatic heterocycles. The van der Waals surface area contributed by atoms with Crippen LogP contribution in [0.15, 0.2) is 103 Å². The van der Waals surface area contributed by atoms with Crippen molar-refractivity contribution in [2.75, 3.05) is 48.3 Å². The van der Waals surface area contributed by atoms with E-state index in [0.29, 0.717) is 34.2 Å². The highest BCUT2D eigenvalue weighted by Crippen LogP contribution is 2.34. The van der Waals surface area contributed by atoms with E-state index < -0.39 is 23.1 Å². The number of piperazine rings is 1. The van der Waals surface area contributed by atoms with E-state index in [2.05, 4.69) is 44.5 Å². The van der Waals surface area contributed by atoms with Crippen LogP contribution in [0.5, 0.6) is 0 Å². The van der Waals surface area contributed by atoms with Crippen molar-refractivity contribution in [3.63, 3.8) is 0 Å². The molecule has 236 valence electrons. The number of halogens is 2. The number of carbonyl (C=O) groups excluding carboxylic acids is 1. The third-order valence-corrected chi connectivity index (χ3v) is 8.32. The first-order chi connectivity index (χ1) is 23.0. The number of aromatic nitrogens is 4. The number of likely N-dealkylation sites (N-methyl/N-ethyl adjacent to an activating group) is 1. The number of rotatable bonds is 8. The first-order valence-electron chi connectivity index (χ1n) is 15.5. The molecule has 0 unspecified atom stereocenters. The molecule has 1 amide bonds. The second-order valence-corrected chi connectivity index (χ2v) is 11.2. The number of fused-ring (bicyclic) bond motifs is 1. The van der Waals surface area contributed by atoms with Gasteiger partial charge < -0.3 is 20.4 Å². The molecule has 1 aliphatic heterocycles. The Hall–Kier alpha value is -5.68. The largest absolute Gasteiger partial charge is 0.369 e. The number of hydrogen-bond acceptors (Lipinski definition) is 7. The van der Waals surface area contributed by atoms with Gasteiger partial charge >= 0.3 is 0 Å². The van der Waals surface area contributed by atoms with Crippen LogP contribution in [0, 0.1) is 11.6 Å². The molecule has 0 atom stereocenters. The summed E-state index contributed by atoms with van der Waals surface area (Å²) in [4.78, 5) is 31.9. The van der Waals surface area contributed by atoms with Gasteiger partial charge in [-0.2, -0.15) is 0 Å². The summed E-state index contributed by atoms with van der Waals surface area (Å²) in [5.41, 5.74) is 5.11. The normalized spacial score (nSPS) is 13.6. The molecular formula is C36H32F2N8O. The van der Waals surface area contributed by atoms with Gasteiger partial charge in [-0.15, -0.1) is 0 Å². The highest BCUT2D eigenvalue weighted by molar-refractivity contribution is 6.05. The fourth-order valence-corrected chi connectivity index (χ4v) is 5.85. The number of amides is 1. The van der Waals surface area contributed by atoms with Crippen molar-refractivity contribution in [1.82, 2.24) is 24.3 Å². The Bertz CT molecular complexity index is 2030. The molecule has 1 saturated heterocycles. The fraction of sp³-hybridized carbons (Fsp3) is 0.167. The molecule has 3 aromatic carbocycles. The van der Waals surface area contributed by atoms with Gasteiger partial charge in [-0.1, -0.05) is 31.2 Å². The summed E-state index contributed by atoms with van der Waals surface area (Å²) in [6, 6.07) is 26.1. The van der Waals surface area contributed by atoms with E-state index in [0.717, 1.165) is 56.2 Å². The first-order valence-corrected chi connectivity index (χ1v) is 15.5. The number of nitrogens with zero attached hydrogens (tertiary/aromatic N) is 6. The van der Waals surface area contributed by atoms with Gasteiger partial charge in [0.2, 0.25) is 5.95 Å². The smallest absolute Gasteiger partial charge is 0.261 e. The van der Waals surface area contributed by atoms with Gasteiger partial charge in [-0.05, 0) is 73.3 Å². The van der Waals surface area contributed by atoms with Crippen LogP contribution in [0.4, 0.5) is 31.8 Å². The van der Waals surface area contributed by atoms with Crippen LogP contribution < -0.4 is 15.5 Å². The maximum atomic E-state index is 14.3. The summed E-state index contributed by atoms with van der Waals surface area (Å²) in [6.45, 7) is 7.42. The van der Waals surface area contributed by atoms with Crippen LogP contribution in [0.1, 0.15) is 17.3 Å². The van der Waals surface area contributed by atoms with E-state index in [1.54, 1.807) is 24.4 Å². The Morgan fingerprint density at radius 3 is 2.36 bits per heavy atom. The van der Waals surface area contributed by atoms with Gasteiger partial charge in [-0.3, -0.25) is 9.20 Å². The van der Waals surface area contributed by atoms with Gasteiger partial charge in [0.25, 0.3) is 5.91 Å². The molecule has 0 spiro atoms. The minimum Gasteiger partial charge on any atom is -0.369 e. The third kappa shape index (κ3) is 6.25. The average Bonchev–Trinajstić information content (AvgIpc) is 3.49. The molecule has 0 radical (unpaired) electrons. The van der Waals surface area contributed by atoms with Crippen molar-refractivity contribution in [1.29, 1.82) is 0 Å². The van der Waals surface area contributed by atoms with Gasteiger partial charge in [0, 0.05) is 61.2 Å². The average molecular weight is 631 g/mol. The van der Waals surface area contributed by atoms with Crippen molar-refractivity contribution in [3.05, 3.63) is 121 Å². The number of pyridine rings is 1. The summed E-state index contributed by atoms with van der Waals surface area (Å²) < 4.78 is 30.5. The highest BCUT2D eigenvalue weighted by Gasteiger charge is 2.21. The molecule has 7 rings (SSSR count). The quantitative estimate of drug-likeness (QED) is 0.190. The zero-order valence-electron chi connectivity index (χ0n) is 25.7. The lowest BCUT2D eigenvalue weighted by Gasteiger charge is -2.35. The van der Waals surface area contributed by atoms with Gasteiger partial charge in [0.1, 0.15) is 22.8 Å². The molecule has 1 aliphatic rings. The standard InChI is InChI=1S/C36H32F2N8O/c1-2-44-19-21-45(22-20-44)27-14-12-25(13-15-27)41-36-39-17-16-30(42-36)34-33(43-31-11-3-4-18-46(31)34)24-7-5-8-26(23-24)40-35(47)32-28(37)9-6-10-29(32)38/h3-18,23H,2,19-22H2,1H3,(H,40,47)(H,39,41,42). The monoisotopic (exact) mass is 630 g/mol. The Morgan fingerprint density at radius 1 is 0.830 bits per heavy atom. The lowest BCUT2D eigenvalue weighted by atomic mass is 10.1. The molecule has 4 heterocycles. The summed E-state index contributed by atoms with van der Waals surface area (Å²) in [5.74, 6) is -2.32. The van der Waals surface area contributed by atoms with E-state index in [4.69, 9.17) is 9.97 Å². The number of hydrogen-bond donors (Lipinski definition) is 2. The molecule has 1 fully saturated rings. The molecule has 9 nitrogen and oxygen atoms in total. The Balaban J connectivity index is 1.16. The number of nitrogens with one attached hydrogen (secondary N) is 2. The molecule has 0 saturated carbocycles. The SMILES string of the molecule is CCN1CCN(c2ccc(Nc3nccc(-c4c(-c5cccc(NC(=O)c6c(F)cccc6F)c5)nc5ccccn45)n3)cc2)CC1. The van der Waals surface area contributed by atoms with Crippen molar-refractivity contribution in [3.8, 4) is 22.6 Å². The van der Waals surface area contributed by atoms with Crippen LogP contribution >= 0.6 is 0 Å². The molecule has 2 N–H and O–H groups in total. The van der Waals surface area contributed by atoms with Crippen LogP contribution in [-0.2, 0) is 0 Å². The van der Waals surface area contributed by atoms with E-state index in [-0.39, 0.29) is 0 Å². The zero-order chi connectivity index (χ0) is 32.3. The molecule has 0 aliphatic carbocycles. The van der Waals surface area contributed by atoms with Crippen LogP contribution in [0.3, 0.4) is 0 Å². The number of benzene rings is 3. The van der Waals surface area contributed by atoms with Gasteiger partial charge in [0.05, 0.1) is 17.1 Å². The second kappa shape index (κ2) is 13.0. The summed E-state index contributed by atoms with van der Waals surface area (Å²) in [6.07, 6.45) is 3.60. The van der Waals surface area contributed by atoms with Gasteiger partial charge in [-0.25, -0.2) is 23.7 Å². The third-order valence-electron chi connectivity index (χ3n) is 8.32. The minimum atomic E-state index is -0.934. The maximum Gasteiger partial charge on any atom is 0.261 e. The predicted molar refractivity (Wildman–Crippen MR) is 180 cm³/mol. The fourth-order valence-electron chi connectivity index (χ4n) is 5.85. The Kier molecular flexibility index (Phi) is 8.28. The highest BCUT2D eigenvalue weighted by atomic mass is 19.1. The van der Waals surface area contributed by atoms with E-state index in [1.165, 1.54) is 11.8 Å². The maximum absolute atomic E-state index is 14.3. The van der Waals surface area contributed by atoms with E-state index in [9.17, 15) is 13.6 Å². The minimum absolute atomic E-state index is 0.360. The lowest BCUT2D eigenvalue weighted by Crippen LogP contribution is -2.46. The molecule has 11 heteroatoms. The van der Waals surface area contributed by atoms with Crippen molar-refractivity contribution in [2.45, 2.75) is 6.92 Å². The zero-order valence-corrected chi connectivity index (χ0v) is 25.7. The predicted octanol–water partition coefficient (Wildman–Crippen LogP) is 6.87. The molecular weight excluding hydrogens is 598 g/mol. The van der Waals surface area contributed by atoms with E-state index >= 15 is 0 Å². The summed E-state index contributed by atoms with van der Waals surface area (Å²) in [7, 11) is 0. The molecule has 0 bridgehead atoms. The van der Waals surface area contributed by atoms with Crippen LogP contribution in [0.25, 0.3) is 28.3 Å². The molecule has 6 aromatic rings.